The fourth-order valence-corrected chi connectivity index (χ4v) is 1.99. The second-order valence-electron chi connectivity index (χ2n) is 4.61. The van der Waals surface area contributed by atoms with Crippen molar-refractivity contribution in [2.24, 2.45) is 5.92 Å². The molecular formula is C12H21N3O3. The van der Waals surface area contributed by atoms with Gasteiger partial charge in [0.15, 0.2) is 0 Å². The third kappa shape index (κ3) is 5.65. The molecule has 0 bridgehead atoms. The normalized spacial score (nSPS) is 21.6. The van der Waals surface area contributed by atoms with Gasteiger partial charge in [0.05, 0.1) is 0 Å². The van der Waals surface area contributed by atoms with Crippen molar-refractivity contribution in [3.63, 3.8) is 0 Å². The summed E-state index contributed by atoms with van der Waals surface area (Å²) in [4.78, 5) is 33.8. The van der Waals surface area contributed by atoms with Crippen molar-refractivity contribution in [2.75, 3.05) is 6.54 Å². The number of carbonyl (C=O) groups excluding carboxylic acids is 3. The Morgan fingerprint density at radius 2 is 1.94 bits per heavy atom. The van der Waals surface area contributed by atoms with Gasteiger partial charge in [-0.3, -0.25) is 25.2 Å². The summed E-state index contributed by atoms with van der Waals surface area (Å²) in [6, 6.07) is 0. The maximum atomic E-state index is 11.8. The second-order valence-corrected chi connectivity index (χ2v) is 4.61. The molecule has 0 aliphatic carbocycles. The van der Waals surface area contributed by atoms with Gasteiger partial charge in [0.1, 0.15) is 0 Å². The van der Waals surface area contributed by atoms with E-state index in [1.54, 1.807) is 0 Å². The Labute approximate surface area is 107 Å². The number of carbonyl (C=O) groups is 3. The minimum Gasteiger partial charge on any atom is -0.356 e. The van der Waals surface area contributed by atoms with Crippen LogP contribution in [0.15, 0.2) is 0 Å². The molecule has 0 saturated carbocycles. The molecule has 102 valence electrons. The van der Waals surface area contributed by atoms with Gasteiger partial charge in [-0.05, 0) is 19.3 Å². The average molecular weight is 255 g/mol. The van der Waals surface area contributed by atoms with Crippen molar-refractivity contribution in [3.05, 3.63) is 0 Å². The molecule has 0 radical (unpaired) electrons. The van der Waals surface area contributed by atoms with Gasteiger partial charge in [0, 0.05) is 25.8 Å². The highest BCUT2D eigenvalue weighted by Crippen LogP contribution is 2.15. The Balaban J connectivity index is 2.42. The first-order chi connectivity index (χ1) is 8.59. The number of rotatable bonds is 1. The van der Waals surface area contributed by atoms with Gasteiger partial charge in [-0.25, -0.2) is 0 Å². The summed E-state index contributed by atoms with van der Waals surface area (Å²) < 4.78 is 0. The molecule has 1 fully saturated rings. The summed E-state index contributed by atoms with van der Waals surface area (Å²) >= 11 is 0. The molecule has 3 amide bonds. The Kier molecular flexibility index (Phi) is 6.18. The fraction of sp³-hybridized carbons (Fsp3) is 0.750. The maximum Gasteiger partial charge on any atom is 0.241 e. The summed E-state index contributed by atoms with van der Waals surface area (Å²) in [5.41, 5.74) is 4.69. The maximum absolute atomic E-state index is 11.8. The van der Waals surface area contributed by atoms with Crippen LogP contribution in [0.3, 0.4) is 0 Å². The largest absolute Gasteiger partial charge is 0.356 e. The second kappa shape index (κ2) is 7.68. The van der Waals surface area contributed by atoms with Crippen molar-refractivity contribution >= 4 is 17.7 Å². The number of nitrogens with one attached hydrogen (secondary N) is 3. The zero-order chi connectivity index (χ0) is 13.4. The third-order valence-electron chi connectivity index (χ3n) is 3.00. The van der Waals surface area contributed by atoms with Crippen LogP contribution in [0, 0.1) is 5.92 Å². The smallest absolute Gasteiger partial charge is 0.241 e. The molecule has 1 aliphatic heterocycles. The van der Waals surface area contributed by atoms with Crippen LogP contribution in [0.25, 0.3) is 0 Å². The minimum atomic E-state index is -0.295. The molecule has 0 aromatic rings. The molecule has 0 aromatic carbocycles. The quantitative estimate of drug-likeness (QED) is 0.587. The monoisotopic (exact) mass is 255 g/mol. The van der Waals surface area contributed by atoms with E-state index in [4.69, 9.17) is 0 Å². The lowest BCUT2D eigenvalue weighted by atomic mass is 9.95. The number of hydrogen-bond donors (Lipinski definition) is 3. The Hall–Kier alpha value is -1.59. The van der Waals surface area contributed by atoms with E-state index in [1.165, 1.54) is 6.92 Å². The topological polar surface area (TPSA) is 87.3 Å². The molecular weight excluding hydrogens is 234 g/mol. The van der Waals surface area contributed by atoms with Crippen LogP contribution in [-0.2, 0) is 14.4 Å². The van der Waals surface area contributed by atoms with Gasteiger partial charge >= 0.3 is 0 Å². The van der Waals surface area contributed by atoms with Crippen molar-refractivity contribution in [3.8, 4) is 0 Å². The van der Waals surface area contributed by atoms with E-state index in [0.717, 1.165) is 25.7 Å². The Bertz CT molecular complexity index is 318. The molecule has 1 unspecified atom stereocenters. The van der Waals surface area contributed by atoms with E-state index in [9.17, 15) is 14.4 Å². The van der Waals surface area contributed by atoms with E-state index in [1.807, 2.05) is 0 Å². The highest BCUT2D eigenvalue weighted by molar-refractivity contribution is 5.82. The zero-order valence-electron chi connectivity index (χ0n) is 10.8. The van der Waals surface area contributed by atoms with Gasteiger partial charge in [-0.15, -0.1) is 0 Å². The van der Waals surface area contributed by atoms with Gasteiger partial charge < -0.3 is 5.32 Å². The average Bonchev–Trinajstić information content (AvgIpc) is 2.33. The van der Waals surface area contributed by atoms with Crippen LogP contribution in [-0.4, -0.2) is 24.3 Å². The molecule has 18 heavy (non-hydrogen) atoms. The standard InChI is InChI=1S/C12H21N3O3/c1-9(16)14-15-12(18)10-5-3-2-4-6-11(17)13-8-7-10/h10H,2-8H2,1H3,(H,13,17)(H,14,16)(H,15,18). The van der Waals surface area contributed by atoms with Crippen molar-refractivity contribution in [2.45, 2.75) is 45.4 Å². The lowest BCUT2D eigenvalue weighted by Gasteiger charge is -2.18. The first-order valence-corrected chi connectivity index (χ1v) is 6.42. The fourth-order valence-electron chi connectivity index (χ4n) is 1.99. The van der Waals surface area contributed by atoms with Gasteiger partial charge in [0.25, 0.3) is 0 Å². The first-order valence-electron chi connectivity index (χ1n) is 6.42. The molecule has 1 aliphatic rings. The SMILES string of the molecule is CC(=O)NNC(=O)C1CCCCCC(=O)NCC1. The molecule has 1 saturated heterocycles. The summed E-state index contributed by atoms with van der Waals surface area (Å²) in [5, 5.41) is 2.80. The predicted molar refractivity (Wildman–Crippen MR) is 66.2 cm³/mol. The third-order valence-corrected chi connectivity index (χ3v) is 3.00. The molecule has 6 nitrogen and oxygen atoms in total. The number of hydrogen-bond acceptors (Lipinski definition) is 3. The number of hydrazine groups is 1. The molecule has 0 spiro atoms. The minimum absolute atomic E-state index is 0.0536. The highest BCUT2D eigenvalue weighted by atomic mass is 16.2. The van der Waals surface area contributed by atoms with E-state index >= 15 is 0 Å². The van der Waals surface area contributed by atoms with E-state index in [2.05, 4.69) is 16.2 Å². The Morgan fingerprint density at radius 1 is 1.17 bits per heavy atom. The molecule has 1 rings (SSSR count). The highest BCUT2D eigenvalue weighted by Gasteiger charge is 2.19. The molecule has 3 N–H and O–H groups in total. The molecule has 6 heteroatoms. The van der Waals surface area contributed by atoms with E-state index in [0.29, 0.717) is 19.4 Å². The van der Waals surface area contributed by atoms with E-state index in [-0.39, 0.29) is 23.6 Å². The van der Waals surface area contributed by atoms with Crippen LogP contribution in [0.4, 0.5) is 0 Å². The summed E-state index contributed by atoms with van der Waals surface area (Å²) in [5.74, 6) is -0.579. The molecule has 0 aromatic heterocycles. The van der Waals surface area contributed by atoms with Gasteiger partial charge in [-0.2, -0.15) is 0 Å². The molecule has 1 heterocycles. The lowest BCUT2D eigenvalue weighted by molar-refractivity contribution is -0.131. The summed E-state index contributed by atoms with van der Waals surface area (Å²) in [7, 11) is 0. The van der Waals surface area contributed by atoms with Crippen LogP contribution in [0.2, 0.25) is 0 Å². The number of amides is 3. The van der Waals surface area contributed by atoms with Crippen molar-refractivity contribution < 1.29 is 14.4 Å². The van der Waals surface area contributed by atoms with Gasteiger partial charge in [0.2, 0.25) is 17.7 Å². The lowest BCUT2D eigenvalue weighted by Crippen LogP contribution is -2.44. The van der Waals surface area contributed by atoms with Crippen molar-refractivity contribution in [1.82, 2.24) is 16.2 Å². The summed E-state index contributed by atoms with van der Waals surface area (Å²) in [6.45, 7) is 1.85. The van der Waals surface area contributed by atoms with Gasteiger partial charge in [-0.1, -0.05) is 12.8 Å². The molecule has 1 atom stereocenters. The predicted octanol–water partition coefficient (Wildman–Crippen LogP) is 0.240. The van der Waals surface area contributed by atoms with Crippen LogP contribution in [0.1, 0.15) is 45.4 Å². The van der Waals surface area contributed by atoms with Crippen LogP contribution >= 0.6 is 0 Å². The summed E-state index contributed by atoms with van der Waals surface area (Å²) in [6.07, 6.45) is 4.73. The van der Waals surface area contributed by atoms with E-state index < -0.39 is 0 Å². The van der Waals surface area contributed by atoms with Crippen molar-refractivity contribution in [1.29, 1.82) is 0 Å². The first kappa shape index (κ1) is 14.5. The Morgan fingerprint density at radius 3 is 2.67 bits per heavy atom. The van der Waals surface area contributed by atoms with Crippen LogP contribution in [0.5, 0.6) is 0 Å². The zero-order valence-corrected chi connectivity index (χ0v) is 10.8. The van der Waals surface area contributed by atoms with Crippen LogP contribution < -0.4 is 16.2 Å².